The quantitative estimate of drug-likeness (QED) is 0.416. The van der Waals surface area contributed by atoms with Gasteiger partial charge in [0.1, 0.15) is 18.4 Å². The van der Waals surface area contributed by atoms with E-state index in [2.05, 4.69) is 21.7 Å². The molecule has 158 valence electrons. The zero-order chi connectivity index (χ0) is 22.5. The molecule has 6 nitrogen and oxygen atoms in total. The van der Waals surface area contributed by atoms with Crippen LogP contribution < -0.4 is 15.4 Å². The lowest BCUT2D eigenvalue weighted by atomic mass is 10.1. The minimum absolute atomic E-state index is 0.155. The number of carbonyl (C=O) groups is 1. The van der Waals surface area contributed by atoms with E-state index in [1.807, 2.05) is 73.7 Å². The Morgan fingerprint density at radius 3 is 2.53 bits per heavy atom. The SMILES string of the molecule is CC(=O)Nc1cc2c(Nc3ccc(OCc4ccccc4)cc3)c(C#N)cnc2cc1C. The maximum absolute atomic E-state index is 11.6. The molecule has 4 aromatic rings. The molecular formula is C26H22N4O2. The number of aromatic nitrogens is 1. The molecule has 1 aromatic heterocycles. The number of aryl methyl sites for hydroxylation is 1. The van der Waals surface area contributed by atoms with Gasteiger partial charge in [0, 0.05) is 29.9 Å². The largest absolute Gasteiger partial charge is 0.489 e. The average Bonchev–Trinajstić information content (AvgIpc) is 2.80. The second-order valence-corrected chi connectivity index (χ2v) is 7.45. The highest BCUT2D eigenvalue weighted by atomic mass is 16.5. The van der Waals surface area contributed by atoms with Crippen LogP contribution in [0.25, 0.3) is 10.9 Å². The van der Waals surface area contributed by atoms with Crippen molar-refractivity contribution in [3.8, 4) is 11.8 Å². The van der Waals surface area contributed by atoms with Crippen molar-refractivity contribution in [3.63, 3.8) is 0 Å². The third-order valence-corrected chi connectivity index (χ3v) is 5.02. The van der Waals surface area contributed by atoms with Gasteiger partial charge in [-0.1, -0.05) is 30.3 Å². The van der Waals surface area contributed by atoms with E-state index in [9.17, 15) is 10.1 Å². The van der Waals surface area contributed by atoms with Crippen LogP contribution >= 0.6 is 0 Å². The van der Waals surface area contributed by atoms with Gasteiger partial charge in [-0.05, 0) is 54.4 Å². The highest BCUT2D eigenvalue weighted by Gasteiger charge is 2.12. The molecule has 0 spiro atoms. The summed E-state index contributed by atoms with van der Waals surface area (Å²) in [5.74, 6) is 0.598. The average molecular weight is 422 g/mol. The summed E-state index contributed by atoms with van der Waals surface area (Å²) in [6, 6.07) is 23.5. The summed E-state index contributed by atoms with van der Waals surface area (Å²) in [6.07, 6.45) is 1.56. The first kappa shape index (κ1) is 20.9. The lowest BCUT2D eigenvalue weighted by Crippen LogP contribution is -2.07. The normalized spacial score (nSPS) is 10.4. The van der Waals surface area contributed by atoms with Crippen LogP contribution in [-0.4, -0.2) is 10.9 Å². The first-order valence-corrected chi connectivity index (χ1v) is 10.2. The van der Waals surface area contributed by atoms with Crippen LogP contribution in [0.15, 0.2) is 72.9 Å². The number of rotatable bonds is 6. The molecule has 32 heavy (non-hydrogen) atoms. The lowest BCUT2D eigenvalue weighted by molar-refractivity contribution is -0.114. The molecule has 4 rings (SSSR count). The number of carbonyl (C=O) groups excluding carboxylic acids is 1. The number of nitrogens with one attached hydrogen (secondary N) is 2. The zero-order valence-electron chi connectivity index (χ0n) is 17.8. The topological polar surface area (TPSA) is 87.0 Å². The number of amides is 1. The van der Waals surface area contributed by atoms with Crippen molar-refractivity contribution in [1.29, 1.82) is 5.26 Å². The smallest absolute Gasteiger partial charge is 0.221 e. The summed E-state index contributed by atoms with van der Waals surface area (Å²) >= 11 is 0. The van der Waals surface area contributed by atoms with Crippen molar-refractivity contribution in [2.45, 2.75) is 20.5 Å². The van der Waals surface area contributed by atoms with E-state index in [0.29, 0.717) is 23.5 Å². The molecule has 0 bridgehead atoms. The molecule has 2 N–H and O–H groups in total. The van der Waals surface area contributed by atoms with Gasteiger partial charge < -0.3 is 15.4 Å². The molecule has 6 heteroatoms. The number of nitrogens with zero attached hydrogens (tertiary/aromatic N) is 2. The Bertz CT molecular complexity index is 1310. The van der Waals surface area contributed by atoms with Crippen molar-refractivity contribution in [2.24, 2.45) is 0 Å². The van der Waals surface area contributed by atoms with E-state index in [1.54, 1.807) is 6.20 Å². The van der Waals surface area contributed by atoms with Crippen LogP contribution in [0.2, 0.25) is 0 Å². The number of anilines is 3. The summed E-state index contributed by atoms with van der Waals surface area (Å²) in [4.78, 5) is 16.0. The Morgan fingerprint density at radius 2 is 1.84 bits per heavy atom. The first-order valence-electron chi connectivity index (χ1n) is 10.2. The summed E-state index contributed by atoms with van der Waals surface area (Å²) in [5, 5.41) is 16.6. The van der Waals surface area contributed by atoms with E-state index in [4.69, 9.17) is 4.74 Å². The number of benzene rings is 3. The first-order chi connectivity index (χ1) is 15.5. The van der Waals surface area contributed by atoms with Gasteiger partial charge in [0.15, 0.2) is 0 Å². The van der Waals surface area contributed by atoms with Crippen molar-refractivity contribution < 1.29 is 9.53 Å². The zero-order valence-corrected chi connectivity index (χ0v) is 17.8. The van der Waals surface area contributed by atoms with Crippen molar-refractivity contribution in [1.82, 2.24) is 4.98 Å². The van der Waals surface area contributed by atoms with Crippen LogP contribution in [0.1, 0.15) is 23.6 Å². The number of nitriles is 1. The van der Waals surface area contributed by atoms with Crippen LogP contribution in [0, 0.1) is 18.3 Å². The van der Waals surface area contributed by atoms with Gasteiger partial charge in [0.2, 0.25) is 5.91 Å². The minimum Gasteiger partial charge on any atom is -0.489 e. The fourth-order valence-electron chi connectivity index (χ4n) is 3.41. The molecule has 0 aliphatic heterocycles. The van der Waals surface area contributed by atoms with E-state index in [1.165, 1.54) is 6.92 Å². The number of hydrogen-bond donors (Lipinski definition) is 2. The van der Waals surface area contributed by atoms with Gasteiger partial charge in [0.05, 0.1) is 16.8 Å². The number of pyridine rings is 1. The molecule has 0 aliphatic carbocycles. The fraction of sp³-hybridized carbons (Fsp3) is 0.115. The summed E-state index contributed by atoms with van der Waals surface area (Å²) < 4.78 is 5.85. The van der Waals surface area contributed by atoms with Gasteiger partial charge in [-0.25, -0.2) is 0 Å². The fourth-order valence-corrected chi connectivity index (χ4v) is 3.41. The third kappa shape index (κ3) is 4.68. The van der Waals surface area contributed by atoms with Gasteiger partial charge in [0.25, 0.3) is 0 Å². The van der Waals surface area contributed by atoms with E-state index >= 15 is 0 Å². The number of fused-ring (bicyclic) bond motifs is 1. The molecule has 0 saturated heterocycles. The van der Waals surface area contributed by atoms with E-state index in [-0.39, 0.29) is 5.91 Å². The van der Waals surface area contributed by atoms with Crippen molar-refractivity contribution >= 4 is 33.9 Å². The Balaban J connectivity index is 1.61. The second kappa shape index (κ2) is 9.19. The highest BCUT2D eigenvalue weighted by molar-refractivity contribution is 6.00. The van der Waals surface area contributed by atoms with Crippen molar-refractivity contribution in [2.75, 3.05) is 10.6 Å². The van der Waals surface area contributed by atoms with Gasteiger partial charge >= 0.3 is 0 Å². The minimum atomic E-state index is -0.155. The second-order valence-electron chi connectivity index (χ2n) is 7.45. The predicted octanol–water partition coefficient (Wildman–Crippen LogP) is 5.70. The van der Waals surface area contributed by atoms with Crippen LogP contribution in [-0.2, 0) is 11.4 Å². The monoisotopic (exact) mass is 422 g/mol. The molecule has 0 unspecified atom stereocenters. The summed E-state index contributed by atoms with van der Waals surface area (Å²) in [5.41, 5.74) is 5.29. The van der Waals surface area contributed by atoms with Gasteiger partial charge in [-0.15, -0.1) is 0 Å². The highest BCUT2D eigenvalue weighted by Crippen LogP contribution is 2.33. The van der Waals surface area contributed by atoms with Gasteiger partial charge in [-0.3, -0.25) is 9.78 Å². The van der Waals surface area contributed by atoms with Crippen LogP contribution in [0.5, 0.6) is 5.75 Å². The van der Waals surface area contributed by atoms with Gasteiger partial charge in [-0.2, -0.15) is 5.26 Å². The van der Waals surface area contributed by atoms with E-state index < -0.39 is 0 Å². The number of ether oxygens (including phenoxy) is 1. The Kier molecular flexibility index (Phi) is 6.00. The van der Waals surface area contributed by atoms with Crippen LogP contribution in [0.4, 0.5) is 17.1 Å². The third-order valence-electron chi connectivity index (χ3n) is 5.02. The Hall–Kier alpha value is -4.37. The standard InChI is InChI=1S/C26H22N4O2/c1-17-12-25-23(13-24(17)29-18(2)31)26(20(14-27)15-28-25)30-21-8-10-22(11-9-21)32-16-19-6-4-3-5-7-19/h3-13,15H,16H2,1-2H3,(H,28,30)(H,29,31). The molecule has 0 atom stereocenters. The predicted molar refractivity (Wildman–Crippen MR) is 126 cm³/mol. The molecule has 1 heterocycles. The lowest BCUT2D eigenvalue weighted by Gasteiger charge is -2.15. The Labute approximate surface area is 186 Å². The molecule has 1 amide bonds. The van der Waals surface area contributed by atoms with Crippen molar-refractivity contribution in [3.05, 3.63) is 89.6 Å². The summed E-state index contributed by atoms with van der Waals surface area (Å²) in [6.45, 7) is 3.87. The number of hydrogen-bond acceptors (Lipinski definition) is 5. The maximum atomic E-state index is 11.6. The summed E-state index contributed by atoms with van der Waals surface area (Å²) in [7, 11) is 0. The molecule has 0 radical (unpaired) electrons. The molecule has 0 aliphatic rings. The molecular weight excluding hydrogens is 400 g/mol. The van der Waals surface area contributed by atoms with Crippen LogP contribution in [0.3, 0.4) is 0 Å². The molecule has 3 aromatic carbocycles. The molecule has 0 fully saturated rings. The molecule has 0 saturated carbocycles. The van der Waals surface area contributed by atoms with E-state index in [0.717, 1.165) is 33.5 Å². The Morgan fingerprint density at radius 1 is 1.09 bits per heavy atom. The maximum Gasteiger partial charge on any atom is 0.221 e.